The molecule has 0 aliphatic carbocycles. The van der Waals surface area contributed by atoms with Crippen molar-refractivity contribution in [3.05, 3.63) is 47.7 Å². The molecule has 1 heterocycles. The van der Waals surface area contributed by atoms with Crippen molar-refractivity contribution in [3.8, 4) is 0 Å². The van der Waals surface area contributed by atoms with E-state index in [1.807, 2.05) is 65.3 Å². The van der Waals surface area contributed by atoms with Gasteiger partial charge in [-0.05, 0) is 82.9 Å². The van der Waals surface area contributed by atoms with E-state index in [0.717, 1.165) is 24.3 Å². The fourth-order valence-corrected chi connectivity index (χ4v) is 7.76. The van der Waals surface area contributed by atoms with E-state index in [9.17, 15) is 45.9 Å². The van der Waals surface area contributed by atoms with E-state index in [4.69, 9.17) is 4.74 Å². The Kier molecular flexibility index (Phi) is 17.6. The van der Waals surface area contributed by atoms with Crippen molar-refractivity contribution in [3.63, 3.8) is 0 Å². The van der Waals surface area contributed by atoms with Gasteiger partial charge in [-0.3, -0.25) is 29.0 Å². The number of nitrogens with one attached hydrogen (secondary N) is 3. The Morgan fingerprint density at radius 3 is 2.09 bits per heavy atom. The highest BCUT2D eigenvalue weighted by atomic mass is 32.2. The van der Waals surface area contributed by atoms with Gasteiger partial charge in [0.05, 0.1) is 36.2 Å². The molecule has 0 radical (unpaired) electrons. The van der Waals surface area contributed by atoms with E-state index in [-0.39, 0.29) is 40.7 Å². The number of aliphatic hydroxyl groups is 1. The van der Waals surface area contributed by atoms with Crippen molar-refractivity contribution >= 4 is 39.3 Å². The third-order valence-corrected chi connectivity index (χ3v) is 11.3. The standard InChI is InChI=1S/C38H59F3N6O8S/c1-12-24(6)33(46(10)36(51)31(22(2)3)43-35(50)32(23(4)5)45(8)9)29(55-11)21-30(48)47-19-13-14-27(47)20-25(7)34(49)44-56(53,54)28-17-15-26(16-18-28)42-37(52)38(39,40)41/h15-18,20-24,27,31-33,36,51H,12-14,19H2,1-11H3,(H,42,52)(H,43,50)(H,44,49)/b25-20+,29-21-/t24?,27-,31-,32-,33-,36?/m0/s1. The number of hydrogen-bond acceptors (Lipinski definition) is 10. The number of sulfonamides is 1. The molecule has 4 amide bonds. The Bertz CT molecular complexity index is 1690. The van der Waals surface area contributed by atoms with Gasteiger partial charge in [-0.1, -0.05) is 54.0 Å². The third kappa shape index (κ3) is 12.8. The molecular weight excluding hydrogens is 758 g/mol. The second kappa shape index (κ2) is 20.4. The lowest BCUT2D eigenvalue weighted by Crippen LogP contribution is -2.60. The number of aliphatic hydroxyl groups excluding tert-OH is 1. The first-order valence-corrected chi connectivity index (χ1v) is 20.0. The Labute approximate surface area is 328 Å². The first-order chi connectivity index (χ1) is 25.9. The van der Waals surface area contributed by atoms with Crippen molar-refractivity contribution in [2.75, 3.05) is 40.1 Å². The topological polar surface area (TPSA) is 178 Å². The quantitative estimate of drug-likeness (QED) is 0.0968. The van der Waals surface area contributed by atoms with E-state index in [1.165, 1.54) is 31.1 Å². The minimum absolute atomic E-state index is 0.000588. The highest BCUT2D eigenvalue weighted by molar-refractivity contribution is 7.90. The number of anilines is 1. The summed E-state index contributed by atoms with van der Waals surface area (Å²) >= 11 is 0. The smallest absolute Gasteiger partial charge is 0.471 e. The Balaban J connectivity index is 2.30. The number of ether oxygens (including phenoxy) is 1. The van der Waals surface area contributed by atoms with Gasteiger partial charge in [0.1, 0.15) is 12.0 Å². The van der Waals surface area contributed by atoms with E-state index in [0.29, 0.717) is 25.8 Å². The molecule has 1 aromatic carbocycles. The van der Waals surface area contributed by atoms with Crippen LogP contribution in [0.2, 0.25) is 0 Å². The van der Waals surface area contributed by atoms with Crippen molar-refractivity contribution in [1.29, 1.82) is 0 Å². The third-order valence-electron chi connectivity index (χ3n) is 9.93. The predicted octanol–water partition coefficient (Wildman–Crippen LogP) is 3.85. The number of halogens is 3. The SMILES string of the molecule is CCC(C)[C@@H](/C(=C/C(=O)N1CCC[C@H]1/C=C(\C)C(=O)NS(=O)(=O)c1ccc(NC(=O)C(F)(F)F)cc1)OC)N(C)C(O)[C@@H](NC(=O)[C@H](C(C)C)N(C)C)C(C)C. The average molecular weight is 817 g/mol. The number of benzene rings is 1. The second-order valence-electron chi connectivity index (χ2n) is 15.1. The maximum absolute atomic E-state index is 13.9. The summed E-state index contributed by atoms with van der Waals surface area (Å²) in [6, 6.07) is 1.55. The van der Waals surface area contributed by atoms with Crippen LogP contribution < -0.4 is 15.4 Å². The fraction of sp³-hybridized carbons (Fsp3) is 0.632. The zero-order valence-corrected chi connectivity index (χ0v) is 34.9. The summed E-state index contributed by atoms with van der Waals surface area (Å²) in [5.41, 5.74) is -0.299. The van der Waals surface area contributed by atoms with Gasteiger partial charge < -0.3 is 25.4 Å². The van der Waals surface area contributed by atoms with Crippen LogP contribution in [0.25, 0.3) is 0 Å². The molecular formula is C38H59F3N6O8S. The van der Waals surface area contributed by atoms with Crippen LogP contribution in [0.3, 0.4) is 0 Å². The minimum atomic E-state index is -5.14. The Hall–Kier alpha value is -4.00. The lowest BCUT2D eigenvalue weighted by Gasteiger charge is -2.41. The summed E-state index contributed by atoms with van der Waals surface area (Å²) in [4.78, 5) is 56.1. The molecule has 1 fully saturated rings. The highest BCUT2D eigenvalue weighted by Crippen LogP contribution is 2.28. The number of amides is 4. The van der Waals surface area contributed by atoms with E-state index in [2.05, 4.69) is 5.32 Å². The molecule has 1 aromatic rings. The maximum atomic E-state index is 13.9. The average Bonchev–Trinajstić information content (AvgIpc) is 3.57. The zero-order chi connectivity index (χ0) is 42.9. The first-order valence-electron chi connectivity index (χ1n) is 18.5. The van der Waals surface area contributed by atoms with Crippen LogP contribution in [-0.2, 0) is 33.9 Å². The summed E-state index contributed by atoms with van der Waals surface area (Å²) in [6.07, 6.45) is -1.70. The molecule has 0 saturated carbocycles. The number of rotatable bonds is 18. The van der Waals surface area contributed by atoms with E-state index >= 15 is 0 Å². The van der Waals surface area contributed by atoms with Gasteiger partial charge in [-0.2, -0.15) is 13.2 Å². The molecule has 1 saturated heterocycles. The van der Waals surface area contributed by atoms with Gasteiger partial charge >= 0.3 is 12.1 Å². The molecule has 4 N–H and O–H groups in total. The first kappa shape index (κ1) is 48.1. The van der Waals surface area contributed by atoms with Gasteiger partial charge in [0.2, 0.25) is 11.8 Å². The molecule has 6 atom stereocenters. The number of likely N-dealkylation sites (tertiary alicyclic amines) is 1. The summed E-state index contributed by atoms with van der Waals surface area (Å²) in [7, 11) is 2.34. The van der Waals surface area contributed by atoms with Gasteiger partial charge in [0.15, 0.2) is 0 Å². The molecule has 56 heavy (non-hydrogen) atoms. The molecule has 18 heteroatoms. The summed E-state index contributed by atoms with van der Waals surface area (Å²) in [5, 5.41) is 16.4. The van der Waals surface area contributed by atoms with Crippen molar-refractivity contribution in [2.45, 2.75) is 109 Å². The predicted molar refractivity (Wildman–Crippen MR) is 206 cm³/mol. The van der Waals surface area contributed by atoms with Crippen LogP contribution in [0.1, 0.15) is 67.7 Å². The van der Waals surface area contributed by atoms with Crippen molar-refractivity contribution in [1.82, 2.24) is 24.7 Å². The number of hydrogen-bond donors (Lipinski definition) is 4. The van der Waals surface area contributed by atoms with Crippen LogP contribution in [0.5, 0.6) is 0 Å². The number of carbonyl (C=O) groups is 4. The monoisotopic (exact) mass is 816 g/mol. The molecule has 1 aliphatic heterocycles. The molecule has 2 unspecified atom stereocenters. The van der Waals surface area contributed by atoms with E-state index in [1.54, 1.807) is 17.3 Å². The molecule has 14 nitrogen and oxygen atoms in total. The molecule has 0 aromatic heterocycles. The van der Waals surface area contributed by atoms with E-state index < -0.39 is 69.2 Å². The number of carbonyl (C=O) groups excluding carboxylic acids is 4. The lowest BCUT2D eigenvalue weighted by molar-refractivity contribution is -0.167. The summed E-state index contributed by atoms with van der Waals surface area (Å²) < 4.78 is 71.2. The fourth-order valence-electron chi connectivity index (χ4n) is 6.75. The lowest BCUT2D eigenvalue weighted by atomic mass is 9.92. The van der Waals surface area contributed by atoms with Gasteiger partial charge in [-0.15, -0.1) is 0 Å². The van der Waals surface area contributed by atoms with Crippen LogP contribution in [0.4, 0.5) is 18.9 Å². The van der Waals surface area contributed by atoms with Crippen LogP contribution in [0, 0.1) is 17.8 Å². The molecule has 316 valence electrons. The van der Waals surface area contributed by atoms with Crippen LogP contribution in [0.15, 0.2) is 52.6 Å². The summed E-state index contributed by atoms with van der Waals surface area (Å²) in [5.74, 6) is -3.80. The largest absolute Gasteiger partial charge is 0.499 e. The Morgan fingerprint density at radius 2 is 1.61 bits per heavy atom. The Morgan fingerprint density at radius 1 is 1.02 bits per heavy atom. The normalized spacial score (nSPS) is 18.5. The second-order valence-corrected chi connectivity index (χ2v) is 16.8. The van der Waals surface area contributed by atoms with Gasteiger partial charge in [-0.25, -0.2) is 13.1 Å². The highest BCUT2D eigenvalue weighted by Gasteiger charge is 2.40. The maximum Gasteiger partial charge on any atom is 0.471 e. The molecule has 2 rings (SSSR count). The number of likely N-dealkylation sites (N-methyl/N-ethyl adjacent to an activating group) is 2. The number of alkyl halides is 3. The van der Waals surface area contributed by atoms with Crippen LogP contribution >= 0.6 is 0 Å². The molecule has 1 aliphatic rings. The summed E-state index contributed by atoms with van der Waals surface area (Å²) in [6.45, 7) is 13.4. The molecule has 0 bridgehead atoms. The van der Waals surface area contributed by atoms with Gasteiger partial charge in [0, 0.05) is 23.9 Å². The van der Waals surface area contributed by atoms with Crippen LogP contribution in [-0.4, -0.2) is 123 Å². The zero-order valence-electron chi connectivity index (χ0n) is 34.1. The number of nitrogens with zero attached hydrogens (tertiary/aromatic N) is 3. The number of methoxy groups -OCH3 is 1. The van der Waals surface area contributed by atoms with Crippen molar-refractivity contribution in [2.24, 2.45) is 17.8 Å². The minimum Gasteiger partial charge on any atom is -0.499 e. The van der Waals surface area contributed by atoms with Gasteiger partial charge in [0.25, 0.3) is 15.9 Å². The van der Waals surface area contributed by atoms with Crippen molar-refractivity contribution < 1.29 is 50.6 Å². The molecule has 0 spiro atoms.